The third-order valence-corrected chi connectivity index (χ3v) is 6.36. The molecular weight excluding hydrogens is 394 g/mol. The molecule has 4 rings (SSSR count). The zero-order chi connectivity index (χ0) is 19.7. The Labute approximate surface area is 170 Å². The van der Waals surface area contributed by atoms with E-state index in [0.717, 1.165) is 10.4 Å². The lowest BCUT2D eigenvalue weighted by atomic mass is 9.95. The average molecular weight is 412 g/mol. The van der Waals surface area contributed by atoms with Crippen LogP contribution in [0.5, 0.6) is 5.75 Å². The van der Waals surface area contributed by atoms with Crippen molar-refractivity contribution < 1.29 is 19.4 Å². The molecule has 5 nitrogen and oxygen atoms in total. The van der Waals surface area contributed by atoms with Crippen LogP contribution in [0.1, 0.15) is 26.2 Å². The van der Waals surface area contributed by atoms with Crippen molar-refractivity contribution in [2.24, 2.45) is 0 Å². The summed E-state index contributed by atoms with van der Waals surface area (Å²) < 4.78 is 5.21. The van der Waals surface area contributed by atoms with Crippen LogP contribution in [0.4, 0.5) is 0 Å². The largest absolute Gasteiger partial charge is 0.503 e. The lowest BCUT2D eigenvalue weighted by Gasteiger charge is -2.26. The number of amides is 1. The van der Waals surface area contributed by atoms with E-state index in [9.17, 15) is 14.7 Å². The van der Waals surface area contributed by atoms with Crippen molar-refractivity contribution in [3.05, 3.63) is 85.9 Å². The molecule has 1 aliphatic heterocycles. The second-order valence-electron chi connectivity index (χ2n) is 6.26. The van der Waals surface area contributed by atoms with Gasteiger partial charge in [-0.15, -0.1) is 22.7 Å². The third kappa shape index (κ3) is 3.23. The van der Waals surface area contributed by atoms with Gasteiger partial charge in [-0.3, -0.25) is 9.59 Å². The van der Waals surface area contributed by atoms with Crippen LogP contribution in [0, 0.1) is 0 Å². The number of Topliss-reactive ketones (excluding diaryl/α,β-unsaturated/α-hetero) is 1. The molecule has 0 aliphatic carbocycles. The van der Waals surface area contributed by atoms with E-state index in [1.165, 1.54) is 22.7 Å². The minimum Gasteiger partial charge on any atom is -0.503 e. The lowest BCUT2D eigenvalue weighted by Crippen LogP contribution is -2.30. The third-order valence-electron chi connectivity index (χ3n) is 4.63. The molecule has 2 aromatic heterocycles. The fourth-order valence-electron chi connectivity index (χ4n) is 3.29. The fraction of sp³-hybridized carbons (Fsp3) is 0.143. The molecule has 0 saturated heterocycles. The monoisotopic (exact) mass is 411 g/mol. The van der Waals surface area contributed by atoms with Gasteiger partial charge in [0.2, 0.25) is 5.78 Å². The van der Waals surface area contributed by atoms with Crippen LogP contribution in [0.2, 0.25) is 0 Å². The van der Waals surface area contributed by atoms with Crippen LogP contribution >= 0.6 is 22.7 Å². The number of ether oxygens (including phenoxy) is 1. The highest BCUT2D eigenvalue weighted by Gasteiger charge is 2.44. The Kier molecular flexibility index (Phi) is 5.02. The second-order valence-corrected chi connectivity index (χ2v) is 8.24. The van der Waals surface area contributed by atoms with Crippen LogP contribution in [-0.4, -0.2) is 28.8 Å². The number of aliphatic hydroxyl groups excluding tert-OH is 1. The molecule has 1 unspecified atom stereocenters. The Hall–Kier alpha value is -2.90. The molecular formula is C21H17NO4S2. The number of rotatable bonds is 6. The molecule has 3 heterocycles. The van der Waals surface area contributed by atoms with Crippen molar-refractivity contribution in [1.82, 2.24) is 4.90 Å². The van der Waals surface area contributed by atoms with Crippen LogP contribution in [0.15, 0.2) is 70.6 Å². The molecule has 1 atom stereocenters. The van der Waals surface area contributed by atoms with Gasteiger partial charge < -0.3 is 14.7 Å². The summed E-state index contributed by atoms with van der Waals surface area (Å²) in [6.07, 6.45) is 0. The molecule has 0 bridgehead atoms. The summed E-state index contributed by atoms with van der Waals surface area (Å²) in [4.78, 5) is 29.0. The molecule has 0 spiro atoms. The minimum atomic E-state index is -0.657. The number of carbonyl (C=O) groups is 2. The lowest BCUT2D eigenvalue weighted by molar-refractivity contribution is -0.130. The first-order valence-electron chi connectivity index (χ1n) is 8.58. The number of methoxy groups -OCH3 is 1. The van der Waals surface area contributed by atoms with Gasteiger partial charge in [0.15, 0.2) is 5.76 Å². The van der Waals surface area contributed by atoms with Gasteiger partial charge in [-0.1, -0.05) is 24.3 Å². The van der Waals surface area contributed by atoms with Gasteiger partial charge in [-0.2, -0.15) is 0 Å². The Morgan fingerprint density at radius 2 is 1.82 bits per heavy atom. The summed E-state index contributed by atoms with van der Waals surface area (Å²) in [5.74, 6) is -0.655. The zero-order valence-electron chi connectivity index (χ0n) is 15.0. The van der Waals surface area contributed by atoms with Gasteiger partial charge >= 0.3 is 0 Å². The molecule has 1 aromatic carbocycles. The summed E-state index contributed by atoms with van der Waals surface area (Å²) in [5.41, 5.74) is 0.865. The van der Waals surface area contributed by atoms with Crippen LogP contribution in [-0.2, 0) is 11.3 Å². The average Bonchev–Trinajstić information content (AvgIpc) is 3.46. The van der Waals surface area contributed by atoms with E-state index in [0.29, 0.717) is 17.2 Å². The van der Waals surface area contributed by atoms with E-state index in [2.05, 4.69) is 0 Å². The number of carbonyl (C=O) groups excluding carboxylic acids is 2. The number of nitrogens with zero attached hydrogens (tertiary/aromatic N) is 1. The van der Waals surface area contributed by atoms with Crippen molar-refractivity contribution in [3.8, 4) is 5.75 Å². The van der Waals surface area contributed by atoms with Crippen molar-refractivity contribution in [3.63, 3.8) is 0 Å². The van der Waals surface area contributed by atoms with Gasteiger partial charge in [0.05, 0.1) is 30.1 Å². The first kappa shape index (κ1) is 18.5. The van der Waals surface area contributed by atoms with Gasteiger partial charge in [0.1, 0.15) is 5.75 Å². The number of thiophene rings is 2. The first-order chi connectivity index (χ1) is 13.6. The number of hydrogen-bond acceptors (Lipinski definition) is 6. The molecule has 0 radical (unpaired) electrons. The molecule has 1 amide bonds. The maximum atomic E-state index is 13.1. The topological polar surface area (TPSA) is 66.8 Å². The summed E-state index contributed by atoms with van der Waals surface area (Å²) in [6.45, 7) is 0.318. The van der Waals surface area contributed by atoms with Crippen LogP contribution < -0.4 is 4.74 Å². The van der Waals surface area contributed by atoms with Crippen LogP contribution in [0.3, 0.4) is 0 Å². The Bertz CT molecular complexity index is 1020. The van der Waals surface area contributed by atoms with Crippen LogP contribution in [0.25, 0.3) is 0 Å². The van der Waals surface area contributed by atoms with E-state index in [1.54, 1.807) is 41.7 Å². The highest BCUT2D eigenvalue weighted by molar-refractivity contribution is 7.12. The van der Waals surface area contributed by atoms with E-state index in [4.69, 9.17) is 4.74 Å². The molecule has 1 aliphatic rings. The highest BCUT2D eigenvalue weighted by atomic mass is 32.1. The predicted octanol–water partition coefficient (Wildman–Crippen LogP) is 4.60. The predicted molar refractivity (Wildman–Crippen MR) is 109 cm³/mol. The molecule has 0 fully saturated rings. The first-order valence-corrected chi connectivity index (χ1v) is 10.3. The number of hydrogen-bond donors (Lipinski definition) is 1. The highest BCUT2D eigenvalue weighted by Crippen LogP contribution is 2.41. The van der Waals surface area contributed by atoms with E-state index >= 15 is 0 Å². The zero-order valence-corrected chi connectivity index (χ0v) is 16.6. The molecule has 1 N–H and O–H groups in total. The standard InChI is InChI=1S/C21H17NO4S2/c1-26-14-8-6-13(7-9-14)18-17(19(23)16-5-3-11-28-16)20(24)21(25)22(18)12-15-4-2-10-27-15/h2-11,18,24H,12H2,1H3. The Morgan fingerprint density at radius 3 is 2.43 bits per heavy atom. The maximum Gasteiger partial charge on any atom is 0.290 e. The SMILES string of the molecule is COc1ccc(C2C(C(=O)c3cccs3)=C(O)C(=O)N2Cc2cccs2)cc1. The van der Waals surface area contributed by atoms with Crippen molar-refractivity contribution in [2.75, 3.05) is 7.11 Å². The van der Waals surface area contributed by atoms with Gasteiger partial charge in [-0.25, -0.2) is 0 Å². The quantitative estimate of drug-likeness (QED) is 0.602. The summed E-state index contributed by atoms with van der Waals surface area (Å²) >= 11 is 2.82. The Morgan fingerprint density at radius 1 is 1.11 bits per heavy atom. The molecule has 0 saturated carbocycles. The summed E-state index contributed by atoms with van der Waals surface area (Å²) in [7, 11) is 1.58. The van der Waals surface area contributed by atoms with E-state index < -0.39 is 17.7 Å². The molecule has 7 heteroatoms. The second kappa shape index (κ2) is 7.61. The molecule has 3 aromatic rings. The maximum absolute atomic E-state index is 13.1. The minimum absolute atomic E-state index is 0.120. The summed E-state index contributed by atoms with van der Waals surface area (Å²) in [5, 5.41) is 14.3. The fourth-order valence-corrected chi connectivity index (χ4v) is 4.67. The van der Waals surface area contributed by atoms with Gasteiger partial charge in [0.25, 0.3) is 5.91 Å². The number of aliphatic hydroxyl groups is 1. The summed E-state index contributed by atoms with van der Waals surface area (Å²) in [6, 6.07) is 13.9. The van der Waals surface area contributed by atoms with E-state index in [-0.39, 0.29) is 11.4 Å². The smallest absolute Gasteiger partial charge is 0.290 e. The molecule has 28 heavy (non-hydrogen) atoms. The van der Waals surface area contributed by atoms with Gasteiger partial charge in [-0.05, 0) is 40.6 Å². The van der Waals surface area contributed by atoms with Crippen molar-refractivity contribution in [1.29, 1.82) is 0 Å². The number of benzene rings is 1. The van der Waals surface area contributed by atoms with Gasteiger partial charge in [0, 0.05) is 4.88 Å². The van der Waals surface area contributed by atoms with Crippen molar-refractivity contribution >= 4 is 34.4 Å². The van der Waals surface area contributed by atoms with E-state index in [1.807, 2.05) is 29.6 Å². The Balaban J connectivity index is 1.79. The number of ketones is 1. The van der Waals surface area contributed by atoms with Crippen molar-refractivity contribution in [2.45, 2.75) is 12.6 Å². The molecule has 142 valence electrons. The normalized spacial score (nSPS) is 16.7.